The molecule has 0 unspecified atom stereocenters. The van der Waals surface area contributed by atoms with E-state index in [0.717, 1.165) is 5.69 Å². The van der Waals surface area contributed by atoms with Gasteiger partial charge in [-0.25, -0.2) is 9.67 Å². The van der Waals surface area contributed by atoms with E-state index in [4.69, 9.17) is 9.52 Å². The molecular formula is C8H10N4O2. The third kappa shape index (κ3) is 1.80. The van der Waals surface area contributed by atoms with Gasteiger partial charge >= 0.3 is 0 Å². The first-order chi connectivity index (χ1) is 6.78. The quantitative estimate of drug-likeness (QED) is 0.750. The van der Waals surface area contributed by atoms with Gasteiger partial charge < -0.3 is 9.52 Å². The van der Waals surface area contributed by atoms with Gasteiger partial charge in [-0.05, 0) is 0 Å². The molecule has 2 aromatic heterocycles. The van der Waals surface area contributed by atoms with Gasteiger partial charge in [-0.15, -0.1) is 5.10 Å². The minimum atomic E-state index is -0.0994. The van der Waals surface area contributed by atoms with Gasteiger partial charge in [0.05, 0.1) is 19.3 Å². The summed E-state index contributed by atoms with van der Waals surface area (Å²) < 4.78 is 6.65. The minimum absolute atomic E-state index is 0.0994. The second-order valence-corrected chi connectivity index (χ2v) is 2.92. The van der Waals surface area contributed by atoms with E-state index in [9.17, 15) is 0 Å². The molecule has 0 amide bonds. The van der Waals surface area contributed by atoms with Crippen LogP contribution in [0.25, 0.3) is 0 Å². The Balaban J connectivity index is 2.10. The maximum Gasteiger partial charge on any atom is 0.191 e. The number of hydrogen-bond donors (Lipinski definition) is 1. The smallest absolute Gasteiger partial charge is 0.191 e. The van der Waals surface area contributed by atoms with E-state index in [2.05, 4.69) is 15.3 Å². The second-order valence-electron chi connectivity index (χ2n) is 2.92. The van der Waals surface area contributed by atoms with Crippen molar-refractivity contribution in [1.82, 2.24) is 20.0 Å². The van der Waals surface area contributed by atoms with Crippen LogP contribution in [0.3, 0.4) is 0 Å². The second kappa shape index (κ2) is 3.59. The molecule has 0 saturated carbocycles. The monoisotopic (exact) mass is 194 g/mol. The van der Waals surface area contributed by atoms with Crippen LogP contribution in [-0.2, 0) is 13.2 Å². The van der Waals surface area contributed by atoms with Gasteiger partial charge in [0.15, 0.2) is 5.89 Å². The van der Waals surface area contributed by atoms with Crippen molar-refractivity contribution in [2.75, 3.05) is 0 Å². The van der Waals surface area contributed by atoms with Crippen LogP contribution in [-0.4, -0.2) is 25.1 Å². The Morgan fingerprint density at radius 1 is 1.50 bits per heavy atom. The number of aromatic nitrogens is 4. The molecule has 0 saturated heterocycles. The lowest BCUT2D eigenvalue weighted by molar-refractivity contribution is 0.276. The molecular weight excluding hydrogens is 184 g/mol. The summed E-state index contributed by atoms with van der Waals surface area (Å²) in [6.45, 7) is 2.19. The topological polar surface area (TPSA) is 77.0 Å². The summed E-state index contributed by atoms with van der Waals surface area (Å²) in [4.78, 5) is 4.12. The molecule has 0 aliphatic heterocycles. The zero-order chi connectivity index (χ0) is 9.97. The lowest BCUT2D eigenvalue weighted by atomic mass is 10.4. The molecule has 0 aliphatic rings. The molecule has 1 N–H and O–H groups in total. The Labute approximate surface area is 80.2 Å². The Morgan fingerprint density at radius 3 is 2.93 bits per heavy atom. The van der Waals surface area contributed by atoms with Crippen molar-refractivity contribution in [1.29, 1.82) is 0 Å². The average molecular weight is 194 g/mol. The SMILES string of the molecule is Cc1nc(Cn2cc(CO)nn2)co1. The average Bonchev–Trinajstić information content (AvgIpc) is 2.76. The third-order valence-electron chi connectivity index (χ3n) is 1.74. The fourth-order valence-electron chi connectivity index (χ4n) is 1.14. The maximum absolute atomic E-state index is 8.77. The van der Waals surface area contributed by atoms with Gasteiger partial charge in [-0.2, -0.15) is 0 Å². The molecule has 6 heteroatoms. The van der Waals surface area contributed by atoms with Crippen LogP contribution in [0.4, 0.5) is 0 Å². The fourth-order valence-corrected chi connectivity index (χ4v) is 1.14. The van der Waals surface area contributed by atoms with Crippen molar-refractivity contribution in [3.8, 4) is 0 Å². The third-order valence-corrected chi connectivity index (χ3v) is 1.74. The van der Waals surface area contributed by atoms with Crippen LogP contribution >= 0.6 is 0 Å². The summed E-state index contributed by atoms with van der Waals surface area (Å²) in [5, 5.41) is 16.3. The molecule has 6 nitrogen and oxygen atoms in total. The van der Waals surface area contributed by atoms with Gasteiger partial charge in [0.1, 0.15) is 17.7 Å². The van der Waals surface area contributed by atoms with E-state index in [1.807, 2.05) is 0 Å². The maximum atomic E-state index is 8.77. The molecule has 0 atom stereocenters. The lowest BCUT2D eigenvalue weighted by Gasteiger charge is -1.92. The van der Waals surface area contributed by atoms with Crippen molar-refractivity contribution < 1.29 is 9.52 Å². The predicted molar refractivity (Wildman–Crippen MR) is 46.3 cm³/mol. The van der Waals surface area contributed by atoms with E-state index in [-0.39, 0.29) is 6.61 Å². The van der Waals surface area contributed by atoms with E-state index < -0.39 is 0 Å². The first-order valence-electron chi connectivity index (χ1n) is 4.19. The number of rotatable bonds is 3. The Kier molecular flexibility index (Phi) is 2.28. The van der Waals surface area contributed by atoms with E-state index >= 15 is 0 Å². The Hall–Kier alpha value is -1.69. The van der Waals surface area contributed by atoms with Crippen molar-refractivity contribution in [2.45, 2.75) is 20.1 Å². The molecule has 2 rings (SSSR count). The number of hydrogen-bond acceptors (Lipinski definition) is 5. The molecule has 0 spiro atoms. The largest absolute Gasteiger partial charge is 0.449 e. The van der Waals surface area contributed by atoms with Gasteiger partial charge in [0.2, 0.25) is 0 Å². The summed E-state index contributed by atoms with van der Waals surface area (Å²) in [7, 11) is 0. The van der Waals surface area contributed by atoms with Crippen LogP contribution < -0.4 is 0 Å². The van der Waals surface area contributed by atoms with Crippen LogP contribution in [0.5, 0.6) is 0 Å². The number of aliphatic hydroxyl groups is 1. The first kappa shape index (κ1) is 8.89. The number of oxazole rings is 1. The van der Waals surface area contributed by atoms with Gasteiger partial charge in [0, 0.05) is 6.92 Å². The molecule has 2 aromatic rings. The Morgan fingerprint density at radius 2 is 2.36 bits per heavy atom. The molecule has 0 bridgehead atoms. The van der Waals surface area contributed by atoms with Crippen molar-refractivity contribution in [3.05, 3.63) is 29.7 Å². The van der Waals surface area contributed by atoms with Crippen LogP contribution in [0.2, 0.25) is 0 Å². The summed E-state index contributed by atoms with van der Waals surface area (Å²) >= 11 is 0. The highest BCUT2D eigenvalue weighted by atomic mass is 16.3. The van der Waals surface area contributed by atoms with E-state index in [1.54, 1.807) is 24.1 Å². The van der Waals surface area contributed by atoms with Crippen LogP contribution in [0.15, 0.2) is 16.9 Å². The van der Waals surface area contributed by atoms with Crippen molar-refractivity contribution >= 4 is 0 Å². The summed E-state index contributed by atoms with van der Waals surface area (Å²) in [5.74, 6) is 0.627. The highest BCUT2D eigenvalue weighted by molar-refractivity contribution is 4.97. The molecule has 14 heavy (non-hydrogen) atoms. The summed E-state index contributed by atoms with van der Waals surface area (Å²) in [5.41, 5.74) is 1.34. The number of nitrogens with zero attached hydrogens (tertiary/aromatic N) is 4. The summed E-state index contributed by atoms with van der Waals surface area (Å²) in [6.07, 6.45) is 3.25. The standard InChI is InChI=1S/C8H10N4O2/c1-6-9-8(5-14-6)3-12-2-7(4-13)10-11-12/h2,5,13H,3-4H2,1H3. The van der Waals surface area contributed by atoms with Crippen molar-refractivity contribution in [3.63, 3.8) is 0 Å². The Bertz CT molecular complexity index is 420. The van der Waals surface area contributed by atoms with Crippen molar-refractivity contribution in [2.24, 2.45) is 0 Å². The first-order valence-corrected chi connectivity index (χ1v) is 4.19. The highest BCUT2D eigenvalue weighted by Crippen LogP contribution is 2.02. The predicted octanol–water partition coefficient (Wildman–Crippen LogP) is 0.115. The van der Waals surface area contributed by atoms with Gasteiger partial charge in [-0.1, -0.05) is 5.21 Å². The molecule has 0 aliphatic carbocycles. The number of aliphatic hydroxyl groups excluding tert-OH is 1. The van der Waals surface area contributed by atoms with E-state index in [0.29, 0.717) is 18.1 Å². The molecule has 74 valence electrons. The molecule has 0 aromatic carbocycles. The zero-order valence-corrected chi connectivity index (χ0v) is 7.71. The molecule has 2 heterocycles. The molecule has 0 radical (unpaired) electrons. The van der Waals surface area contributed by atoms with Crippen LogP contribution in [0.1, 0.15) is 17.3 Å². The highest BCUT2D eigenvalue weighted by Gasteiger charge is 2.03. The summed E-state index contributed by atoms with van der Waals surface area (Å²) in [6, 6.07) is 0. The fraction of sp³-hybridized carbons (Fsp3) is 0.375. The number of aryl methyl sites for hydroxylation is 1. The van der Waals surface area contributed by atoms with Crippen LogP contribution in [0, 0.1) is 6.92 Å². The minimum Gasteiger partial charge on any atom is -0.449 e. The van der Waals surface area contributed by atoms with Gasteiger partial charge in [0.25, 0.3) is 0 Å². The van der Waals surface area contributed by atoms with Gasteiger partial charge in [-0.3, -0.25) is 0 Å². The zero-order valence-electron chi connectivity index (χ0n) is 7.71. The van der Waals surface area contributed by atoms with E-state index in [1.165, 1.54) is 0 Å². The lowest BCUT2D eigenvalue weighted by Crippen LogP contribution is -2.00. The molecule has 0 fully saturated rings. The normalized spacial score (nSPS) is 10.7.